The number of carbonyl (C=O) groups is 1. The summed E-state index contributed by atoms with van der Waals surface area (Å²) in [5.74, 6) is -0.326. The van der Waals surface area contributed by atoms with E-state index >= 15 is 0 Å². The summed E-state index contributed by atoms with van der Waals surface area (Å²) in [6.07, 6.45) is 1.69. The summed E-state index contributed by atoms with van der Waals surface area (Å²) in [6, 6.07) is 14.1. The van der Waals surface area contributed by atoms with Gasteiger partial charge in [0.25, 0.3) is 5.56 Å². The minimum Gasteiger partial charge on any atom is -0.476 e. The highest BCUT2D eigenvalue weighted by atomic mass is 19.1. The number of halogens is 1. The number of ether oxygens (including phenoxy) is 1. The molecule has 2 aromatic heterocycles. The van der Waals surface area contributed by atoms with Gasteiger partial charge in [-0.1, -0.05) is 30.3 Å². The van der Waals surface area contributed by atoms with Crippen molar-refractivity contribution >= 4 is 11.7 Å². The Morgan fingerprint density at radius 3 is 2.77 bits per heavy atom. The molecule has 2 heterocycles. The van der Waals surface area contributed by atoms with E-state index in [1.807, 2.05) is 30.3 Å². The van der Waals surface area contributed by atoms with E-state index < -0.39 is 11.2 Å². The Kier molecular flexibility index (Phi) is 5.07. The summed E-state index contributed by atoms with van der Waals surface area (Å²) in [7, 11) is 1.55. The minimum atomic E-state index is -0.517. The molecule has 3 aromatic rings. The first-order chi connectivity index (χ1) is 14.4. The molecule has 1 N–H and O–H groups in total. The molecule has 0 unspecified atom stereocenters. The van der Waals surface area contributed by atoms with Crippen LogP contribution in [0.3, 0.4) is 0 Å². The maximum atomic E-state index is 13.4. The van der Waals surface area contributed by atoms with E-state index in [2.05, 4.69) is 15.4 Å². The molecule has 0 aliphatic heterocycles. The van der Waals surface area contributed by atoms with E-state index in [1.165, 1.54) is 22.9 Å². The second-order valence-corrected chi connectivity index (χ2v) is 7.51. The molecule has 1 fully saturated rings. The number of aryl methyl sites for hydroxylation is 2. The van der Waals surface area contributed by atoms with Gasteiger partial charge in [0, 0.05) is 24.6 Å². The van der Waals surface area contributed by atoms with Crippen molar-refractivity contribution in [1.29, 1.82) is 0 Å². The lowest BCUT2D eigenvalue weighted by molar-refractivity contribution is -0.117. The molecule has 0 radical (unpaired) electrons. The first-order valence-corrected chi connectivity index (χ1v) is 9.55. The van der Waals surface area contributed by atoms with Crippen LogP contribution in [0.1, 0.15) is 17.5 Å². The van der Waals surface area contributed by atoms with Crippen LogP contribution in [0.25, 0.3) is 0 Å². The van der Waals surface area contributed by atoms with Crippen LogP contribution in [-0.4, -0.2) is 27.3 Å². The number of aromatic nitrogens is 3. The number of anilines is 1. The average Bonchev–Trinajstić information content (AvgIpc) is 3.48. The molecular formula is C22H21FN4O3. The quantitative estimate of drug-likeness (QED) is 0.678. The van der Waals surface area contributed by atoms with Crippen molar-refractivity contribution in [2.75, 3.05) is 11.9 Å². The lowest BCUT2D eigenvalue weighted by atomic mass is 9.94. The Morgan fingerprint density at radius 1 is 1.30 bits per heavy atom. The van der Waals surface area contributed by atoms with Gasteiger partial charge in [0.1, 0.15) is 18.2 Å². The minimum absolute atomic E-state index is 0.200. The molecule has 1 aliphatic carbocycles. The number of nitrogens with zero attached hydrogens (tertiary/aromatic N) is 3. The highest BCUT2D eigenvalue weighted by Gasteiger charge is 2.60. The van der Waals surface area contributed by atoms with Crippen LogP contribution in [0.2, 0.25) is 0 Å². The standard InChI is InChI=1S/C22H21FN4O3/c1-14-10-18(24-12-17(14)23)25-21(29)16-11-22(16,15-6-4-3-5-7-15)13-30-19-8-9-20(28)27(2)26-19/h3-10,12,16H,11,13H2,1-2H3,(H,24,25,29)/t16-,22+/m0/s1. The fourth-order valence-electron chi connectivity index (χ4n) is 3.56. The molecule has 30 heavy (non-hydrogen) atoms. The van der Waals surface area contributed by atoms with Gasteiger partial charge in [-0.3, -0.25) is 9.59 Å². The second-order valence-electron chi connectivity index (χ2n) is 7.51. The van der Waals surface area contributed by atoms with Crippen LogP contribution in [-0.2, 0) is 17.3 Å². The monoisotopic (exact) mass is 408 g/mol. The van der Waals surface area contributed by atoms with E-state index in [1.54, 1.807) is 14.0 Å². The molecule has 7 nitrogen and oxygen atoms in total. The highest BCUT2D eigenvalue weighted by molar-refractivity contribution is 5.95. The smallest absolute Gasteiger partial charge is 0.266 e. The molecule has 2 atom stereocenters. The van der Waals surface area contributed by atoms with Crippen molar-refractivity contribution < 1.29 is 13.9 Å². The number of amides is 1. The molecule has 0 spiro atoms. The van der Waals surface area contributed by atoms with Crippen LogP contribution in [0.5, 0.6) is 5.88 Å². The first kappa shape index (κ1) is 19.8. The third-order valence-corrected chi connectivity index (χ3v) is 5.45. The molecule has 1 saturated carbocycles. The Balaban J connectivity index is 1.54. The number of hydrogen-bond donors (Lipinski definition) is 1. The number of benzene rings is 1. The fraction of sp³-hybridized carbons (Fsp3) is 0.273. The van der Waals surface area contributed by atoms with Crippen molar-refractivity contribution in [1.82, 2.24) is 14.8 Å². The van der Waals surface area contributed by atoms with Gasteiger partial charge in [0.15, 0.2) is 0 Å². The lowest BCUT2D eigenvalue weighted by Crippen LogP contribution is -2.27. The zero-order valence-corrected chi connectivity index (χ0v) is 16.6. The first-order valence-electron chi connectivity index (χ1n) is 9.55. The Morgan fingerprint density at radius 2 is 2.07 bits per heavy atom. The highest BCUT2D eigenvalue weighted by Crippen LogP contribution is 2.54. The summed E-state index contributed by atoms with van der Waals surface area (Å²) in [6.45, 7) is 1.85. The van der Waals surface area contributed by atoms with Crippen molar-refractivity contribution in [3.8, 4) is 5.88 Å². The van der Waals surface area contributed by atoms with Crippen molar-refractivity contribution in [2.24, 2.45) is 13.0 Å². The number of hydrogen-bond acceptors (Lipinski definition) is 5. The van der Waals surface area contributed by atoms with Gasteiger partial charge >= 0.3 is 0 Å². The van der Waals surface area contributed by atoms with Gasteiger partial charge in [-0.05, 0) is 30.5 Å². The van der Waals surface area contributed by atoms with E-state index in [0.29, 0.717) is 23.7 Å². The Hall–Kier alpha value is -3.55. The van der Waals surface area contributed by atoms with Crippen LogP contribution >= 0.6 is 0 Å². The summed E-state index contributed by atoms with van der Waals surface area (Å²) in [5, 5.41) is 6.87. The maximum Gasteiger partial charge on any atom is 0.266 e. The van der Waals surface area contributed by atoms with E-state index in [9.17, 15) is 14.0 Å². The van der Waals surface area contributed by atoms with Crippen molar-refractivity contribution in [2.45, 2.75) is 18.8 Å². The van der Waals surface area contributed by atoms with Crippen LogP contribution in [0.4, 0.5) is 10.2 Å². The van der Waals surface area contributed by atoms with E-state index in [-0.39, 0.29) is 24.0 Å². The van der Waals surface area contributed by atoms with E-state index in [4.69, 9.17) is 4.74 Å². The third-order valence-electron chi connectivity index (χ3n) is 5.45. The van der Waals surface area contributed by atoms with Gasteiger partial charge in [0.2, 0.25) is 11.8 Å². The molecule has 8 heteroatoms. The summed E-state index contributed by atoms with van der Waals surface area (Å²) in [5.41, 5.74) is 0.648. The van der Waals surface area contributed by atoms with Crippen molar-refractivity contribution in [3.05, 3.63) is 82.0 Å². The van der Waals surface area contributed by atoms with Gasteiger partial charge in [-0.2, -0.15) is 0 Å². The van der Waals surface area contributed by atoms with Crippen LogP contribution < -0.4 is 15.6 Å². The largest absolute Gasteiger partial charge is 0.476 e. The predicted octanol–water partition coefficient (Wildman–Crippen LogP) is 2.60. The molecule has 1 amide bonds. The number of carbonyl (C=O) groups excluding carboxylic acids is 1. The number of nitrogens with one attached hydrogen (secondary N) is 1. The molecule has 0 bridgehead atoms. The third kappa shape index (κ3) is 3.80. The van der Waals surface area contributed by atoms with Gasteiger partial charge < -0.3 is 10.1 Å². The Bertz CT molecular complexity index is 1150. The van der Waals surface area contributed by atoms with Gasteiger partial charge in [-0.25, -0.2) is 14.1 Å². The van der Waals surface area contributed by atoms with Gasteiger partial charge in [-0.15, -0.1) is 5.10 Å². The topological polar surface area (TPSA) is 86.1 Å². The molecule has 1 aromatic carbocycles. The maximum absolute atomic E-state index is 13.4. The normalized spacial score (nSPS) is 19.9. The van der Waals surface area contributed by atoms with Crippen LogP contribution in [0.15, 0.2) is 59.5 Å². The molecule has 4 rings (SSSR count). The zero-order valence-electron chi connectivity index (χ0n) is 16.6. The number of pyridine rings is 1. The zero-order chi connectivity index (χ0) is 21.3. The number of rotatable bonds is 6. The Labute approximate surface area is 172 Å². The van der Waals surface area contributed by atoms with Gasteiger partial charge in [0.05, 0.1) is 12.1 Å². The average molecular weight is 408 g/mol. The molecular weight excluding hydrogens is 387 g/mol. The SMILES string of the molecule is Cc1cc(NC(=O)[C@@H]2C[C@@]2(COc2ccc(=O)n(C)n2)c2ccccc2)ncc1F. The van der Waals surface area contributed by atoms with Crippen molar-refractivity contribution in [3.63, 3.8) is 0 Å². The second kappa shape index (κ2) is 7.70. The molecule has 154 valence electrons. The lowest BCUT2D eigenvalue weighted by Gasteiger charge is -2.18. The van der Waals surface area contributed by atoms with Crippen LogP contribution in [0, 0.1) is 18.7 Å². The van der Waals surface area contributed by atoms with E-state index in [0.717, 1.165) is 11.8 Å². The summed E-state index contributed by atoms with van der Waals surface area (Å²) in [4.78, 5) is 28.4. The summed E-state index contributed by atoms with van der Waals surface area (Å²) < 4.78 is 20.5. The fourth-order valence-corrected chi connectivity index (χ4v) is 3.56. The predicted molar refractivity (Wildman–Crippen MR) is 109 cm³/mol. The molecule has 0 saturated heterocycles. The summed E-state index contributed by atoms with van der Waals surface area (Å²) >= 11 is 0. The molecule has 1 aliphatic rings.